The summed E-state index contributed by atoms with van der Waals surface area (Å²) in [5.74, 6) is -1.76. The number of unbranched alkanes of at least 4 members (excludes halogenated alkanes) is 4. The summed E-state index contributed by atoms with van der Waals surface area (Å²) >= 11 is 2.12. The number of likely N-dealkylation sites (tertiary alicyclic amines) is 1. The second kappa shape index (κ2) is 15.6. The van der Waals surface area contributed by atoms with Gasteiger partial charge in [0, 0.05) is 41.5 Å². The fourth-order valence-corrected chi connectivity index (χ4v) is 6.79. The molecule has 2 N–H and O–H groups in total. The molecule has 3 aliphatic rings. The van der Waals surface area contributed by atoms with Crippen LogP contribution in [-0.2, 0) is 23.8 Å². The van der Waals surface area contributed by atoms with Crippen molar-refractivity contribution in [2.24, 2.45) is 0 Å². The number of carbonyl (C=O) groups excluding carboxylic acids is 3. The zero-order valence-electron chi connectivity index (χ0n) is 24.8. The average Bonchev–Trinajstić information content (AvgIpc) is 3.62. The Balaban J connectivity index is 1.61. The third-order valence-electron chi connectivity index (χ3n) is 8.36. The first-order valence-corrected chi connectivity index (χ1v) is 16.6. The van der Waals surface area contributed by atoms with Gasteiger partial charge in [-0.1, -0.05) is 51.7 Å². The van der Waals surface area contributed by atoms with E-state index in [4.69, 9.17) is 19.3 Å². The Morgan fingerprint density at radius 1 is 1.10 bits per heavy atom. The SMILES string of the molecule is CCCCCC1(CCCCC)OC2C=C(C(=O)N3CCCC3C(=O)NCCO)CC(OC(=O)c3ccccc3I)C2O1. The Kier molecular flexibility index (Phi) is 12.2. The zero-order chi connectivity index (χ0) is 30.1. The van der Waals surface area contributed by atoms with E-state index in [0.717, 1.165) is 54.9 Å². The van der Waals surface area contributed by atoms with Crippen molar-refractivity contribution in [2.75, 3.05) is 19.7 Å². The van der Waals surface area contributed by atoms with E-state index in [2.05, 4.69) is 41.8 Å². The first-order valence-electron chi connectivity index (χ1n) is 15.5. The van der Waals surface area contributed by atoms with Crippen molar-refractivity contribution in [1.82, 2.24) is 10.2 Å². The number of ether oxygens (including phenoxy) is 3. The molecule has 1 aromatic carbocycles. The predicted octanol–water partition coefficient (Wildman–Crippen LogP) is 4.89. The molecule has 9 nitrogen and oxygen atoms in total. The maximum absolute atomic E-state index is 13.9. The number of fused-ring (bicyclic) bond motifs is 1. The van der Waals surface area contributed by atoms with Gasteiger partial charge in [0.25, 0.3) is 0 Å². The number of amides is 2. The summed E-state index contributed by atoms with van der Waals surface area (Å²) in [5, 5.41) is 11.8. The Morgan fingerprint density at radius 2 is 1.81 bits per heavy atom. The van der Waals surface area contributed by atoms with Gasteiger partial charge in [-0.25, -0.2) is 4.79 Å². The molecule has 10 heteroatoms. The summed E-state index contributed by atoms with van der Waals surface area (Å²) in [5.41, 5.74) is 0.938. The van der Waals surface area contributed by atoms with Crippen molar-refractivity contribution in [3.8, 4) is 0 Å². The Labute approximate surface area is 262 Å². The number of halogens is 1. The van der Waals surface area contributed by atoms with Gasteiger partial charge in [0.2, 0.25) is 11.8 Å². The van der Waals surface area contributed by atoms with Crippen LogP contribution in [0.5, 0.6) is 0 Å². The van der Waals surface area contributed by atoms with Gasteiger partial charge >= 0.3 is 5.97 Å². The molecule has 2 saturated heterocycles. The summed E-state index contributed by atoms with van der Waals surface area (Å²) in [7, 11) is 0. The van der Waals surface area contributed by atoms with E-state index in [1.165, 1.54) is 0 Å². The first-order chi connectivity index (χ1) is 20.3. The minimum absolute atomic E-state index is 0.142. The number of hydrogen-bond acceptors (Lipinski definition) is 7. The molecular formula is C32H45IN2O7. The molecule has 2 heterocycles. The zero-order valence-corrected chi connectivity index (χ0v) is 27.0. The molecule has 4 atom stereocenters. The summed E-state index contributed by atoms with van der Waals surface area (Å²) in [4.78, 5) is 41.6. The molecule has 0 saturated carbocycles. The monoisotopic (exact) mass is 696 g/mol. The molecule has 4 unspecified atom stereocenters. The maximum atomic E-state index is 13.9. The molecule has 42 heavy (non-hydrogen) atoms. The normalized spacial score (nSPS) is 24.7. The molecule has 4 rings (SSSR count). The van der Waals surface area contributed by atoms with Crippen LogP contribution in [0.25, 0.3) is 0 Å². The topological polar surface area (TPSA) is 114 Å². The molecule has 2 amide bonds. The number of nitrogens with one attached hydrogen (secondary N) is 1. The summed E-state index contributed by atoms with van der Waals surface area (Å²) in [6.07, 6.45) is 9.20. The van der Waals surface area contributed by atoms with Crippen molar-refractivity contribution >= 4 is 40.4 Å². The van der Waals surface area contributed by atoms with Crippen LogP contribution in [0.3, 0.4) is 0 Å². The molecule has 1 aromatic rings. The van der Waals surface area contributed by atoms with Crippen molar-refractivity contribution < 1.29 is 33.7 Å². The third kappa shape index (κ3) is 7.92. The minimum Gasteiger partial charge on any atom is -0.455 e. The van der Waals surface area contributed by atoms with Crippen LogP contribution in [0.4, 0.5) is 0 Å². The standard InChI is InChI=1S/C32H45IN2O7/c1-3-5-9-15-32(16-10-6-4-2)41-27-21-22(30(38)35-18-11-14-25(35)29(37)34-17-19-36)20-26(28(27)42-32)40-31(39)23-12-7-8-13-24(23)33/h7-8,12-13,21,25-28,36H,3-6,9-11,14-20H2,1-2H3,(H,34,37). The smallest absolute Gasteiger partial charge is 0.339 e. The summed E-state index contributed by atoms with van der Waals surface area (Å²) in [6, 6.07) is 6.66. The van der Waals surface area contributed by atoms with Crippen LogP contribution >= 0.6 is 22.6 Å². The molecule has 0 radical (unpaired) electrons. The highest BCUT2D eigenvalue weighted by atomic mass is 127. The fraction of sp³-hybridized carbons (Fsp3) is 0.656. The van der Waals surface area contributed by atoms with Gasteiger partial charge in [0.05, 0.1) is 12.2 Å². The van der Waals surface area contributed by atoms with E-state index in [0.29, 0.717) is 30.5 Å². The number of rotatable bonds is 14. The van der Waals surface area contributed by atoms with E-state index in [9.17, 15) is 14.4 Å². The van der Waals surface area contributed by atoms with Crippen LogP contribution < -0.4 is 5.32 Å². The Morgan fingerprint density at radius 3 is 2.48 bits per heavy atom. The number of hydrogen-bond donors (Lipinski definition) is 2. The third-order valence-corrected chi connectivity index (χ3v) is 9.30. The van der Waals surface area contributed by atoms with Gasteiger partial charge in [0.1, 0.15) is 24.4 Å². The van der Waals surface area contributed by atoms with Gasteiger partial charge in [-0.3, -0.25) is 9.59 Å². The lowest BCUT2D eigenvalue weighted by molar-refractivity contribution is -0.190. The highest BCUT2D eigenvalue weighted by molar-refractivity contribution is 14.1. The lowest BCUT2D eigenvalue weighted by Gasteiger charge is -2.33. The van der Waals surface area contributed by atoms with Crippen molar-refractivity contribution in [2.45, 2.75) is 115 Å². The summed E-state index contributed by atoms with van der Waals surface area (Å²) < 4.78 is 20.3. The molecular weight excluding hydrogens is 651 g/mol. The lowest BCUT2D eigenvalue weighted by atomic mass is 9.91. The van der Waals surface area contributed by atoms with Gasteiger partial charge in [-0.05, 0) is 66.5 Å². The van der Waals surface area contributed by atoms with Crippen LogP contribution in [0.2, 0.25) is 0 Å². The van der Waals surface area contributed by atoms with Gasteiger partial charge in [-0.15, -0.1) is 0 Å². The number of nitrogens with zero attached hydrogens (tertiary/aromatic N) is 1. The van der Waals surface area contributed by atoms with Crippen LogP contribution in [0.15, 0.2) is 35.9 Å². The van der Waals surface area contributed by atoms with E-state index >= 15 is 0 Å². The summed E-state index contributed by atoms with van der Waals surface area (Å²) in [6.45, 7) is 4.77. The second-order valence-corrected chi connectivity index (χ2v) is 12.6. The van der Waals surface area contributed by atoms with E-state index < -0.39 is 36.1 Å². The lowest BCUT2D eigenvalue weighted by Crippen LogP contribution is -2.49. The van der Waals surface area contributed by atoms with Gasteiger partial charge in [-0.2, -0.15) is 0 Å². The van der Waals surface area contributed by atoms with Crippen LogP contribution in [0, 0.1) is 3.57 Å². The van der Waals surface area contributed by atoms with E-state index in [1.807, 2.05) is 18.2 Å². The van der Waals surface area contributed by atoms with Gasteiger partial charge < -0.3 is 29.5 Å². The van der Waals surface area contributed by atoms with Crippen molar-refractivity contribution in [1.29, 1.82) is 0 Å². The number of aliphatic hydroxyl groups excluding tert-OH is 1. The molecule has 232 valence electrons. The highest BCUT2D eigenvalue weighted by Crippen LogP contribution is 2.43. The molecule has 0 bridgehead atoms. The molecule has 1 aliphatic carbocycles. The molecule has 0 aromatic heterocycles. The van der Waals surface area contributed by atoms with Crippen LogP contribution in [0.1, 0.15) is 94.8 Å². The van der Waals surface area contributed by atoms with Crippen molar-refractivity contribution in [3.05, 3.63) is 45.0 Å². The Hall–Kier alpha value is -2.02. The van der Waals surface area contributed by atoms with E-state index in [-0.39, 0.29) is 31.4 Å². The second-order valence-electron chi connectivity index (χ2n) is 11.5. The fourth-order valence-electron chi connectivity index (χ4n) is 6.18. The number of esters is 1. The number of benzene rings is 1. The van der Waals surface area contributed by atoms with E-state index in [1.54, 1.807) is 17.0 Å². The average molecular weight is 697 g/mol. The maximum Gasteiger partial charge on any atom is 0.339 e. The first kappa shape index (κ1) is 32.9. The van der Waals surface area contributed by atoms with Gasteiger partial charge in [0.15, 0.2) is 5.79 Å². The minimum atomic E-state index is -0.791. The molecule has 2 fully saturated rings. The largest absolute Gasteiger partial charge is 0.455 e. The van der Waals surface area contributed by atoms with Crippen LogP contribution in [-0.4, -0.2) is 77.6 Å². The predicted molar refractivity (Wildman–Crippen MR) is 167 cm³/mol. The quantitative estimate of drug-likeness (QED) is 0.162. The Bertz CT molecular complexity index is 1120. The van der Waals surface area contributed by atoms with Crippen molar-refractivity contribution in [3.63, 3.8) is 0 Å². The highest BCUT2D eigenvalue weighted by Gasteiger charge is 2.53. The number of carbonyl (C=O) groups is 3. The molecule has 2 aliphatic heterocycles. The molecule has 0 spiro atoms. The number of aliphatic hydroxyl groups is 1.